The highest BCUT2D eigenvalue weighted by atomic mass is 32.2. The summed E-state index contributed by atoms with van der Waals surface area (Å²) in [6.45, 7) is 4.80. The van der Waals surface area contributed by atoms with Gasteiger partial charge in [-0.25, -0.2) is 4.39 Å². The highest BCUT2D eigenvalue weighted by Crippen LogP contribution is 2.41. The maximum atomic E-state index is 13.1. The predicted octanol–water partition coefficient (Wildman–Crippen LogP) is 3.21. The molecule has 7 heteroatoms. The molecule has 2 heterocycles. The maximum Gasteiger partial charge on any atom is 0.243 e. The quantitative estimate of drug-likeness (QED) is 0.706. The summed E-state index contributed by atoms with van der Waals surface area (Å²) in [5.74, 6) is -0.579. The standard InChI is InChI=1S/C23H21FN2O3S/c24-15-5-7-16(8-6-15)26-11-9-25(10-12-26)13-17-14-29-22-19-4-2-1-3-18(19)20(27)21(28)23(22)30-17/h1-8,17H,9-14H2. The third kappa shape index (κ3) is 3.52. The second kappa shape index (κ2) is 7.89. The molecule has 0 N–H and O–H groups in total. The monoisotopic (exact) mass is 424 g/mol. The van der Waals surface area contributed by atoms with Crippen molar-refractivity contribution in [2.24, 2.45) is 0 Å². The van der Waals surface area contributed by atoms with Crippen LogP contribution in [0.1, 0.15) is 15.9 Å². The van der Waals surface area contributed by atoms with Crippen molar-refractivity contribution < 1.29 is 18.7 Å². The molecule has 0 saturated carbocycles. The first-order valence-electron chi connectivity index (χ1n) is 10.0. The zero-order valence-electron chi connectivity index (χ0n) is 16.3. The first-order chi connectivity index (χ1) is 14.6. The molecule has 1 fully saturated rings. The molecule has 30 heavy (non-hydrogen) atoms. The van der Waals surface area contributed by atoms with Gasteiger partial charge in [-0.15, -0.1) is 11.8 Å². The smallest absolute Gasteiger partial charge is 0.243 e. The van der Waals surface area contributed by atoms with Gasteiger partial charge in [0.1, 0.15) is 23.1 Å². The van der Waals surface area contributed by atoms with Crippen LogP contribution in [-0.4, -0.2) is 61.0 Å². The minimum Gasteiger partial charge on any atom is -0.490 e. The van der Waals surface area contributed by atoms with Gasteiger partial charge in [0.2, 0.25) is 11.6 Å². The molecular weight excluding hydrogens is 403 g/mol. The third-order valence-corrected chi connectivity index (χ3v) is 6.98. The van der Waals surface area contributed by atoms with Crippen LogP contribution in [0.5, 0.6) is 0 Å². The van der Waals surface area contributed by atoms with Crippen molar-refractivity contribution in [3.8, 4) is 0 Å². The van der Waals surface area contributed by atoms with E-state index >= 15 is 0 Å². The number of hydrogen-bond acceptors (Lipinski definition) is 6. The van der Waals surface area contributed by atoms with E-state index in [2.05, 4.69) is 9.80 Å². The Labute approximate surface area is 178 Å². The Bertz CT molecular complexity index is 1030. The molecule has 1 aliphatic carbocycles. The number of ketones is 2. The largest absolute Gasteiger partial charge is 0.490 e. The second-order valence-corrected chi connectivity index (χ2v) is 8.99. The van der Waals surface area contributed by atoms with Crippen LogP contribution < -0.4 is 4.90 Å². The Balaban J connectivity index is 1.23. The summed E-state index contributed by atoms with van der Waals surface area (Å²) < 4.78 is 19.1. The number of hydrogen-bond donors (Lipinski definition) is 0. The summed E-state index contributed by atoms with van der Waals surface area (Å²) >= 11 is 1.47. The van der Waals surface area contributed by atoms with Gasteiger partial charge in [0, 0.05) is 49.5 Å². The molecular formula is C23H21FN2O3S. The summed E-state index contributed by atoms with van der Waals surface area (Å²) in [7, 11) is 0. The van der Waals surface area contributed by atoms with Crippen LogP contribution >= 0.6 is 11.8 Å². The van der Waals surface area contributed by atoms with Gasteiger partial charge in [-0.2, -0.15) is 0 Å². The Hall–Kier alpha value is -2.64. The average Bonchev–Trinajstić information content (AvgIpc) is 2.79. The van der Waals surface area contributed by atoms with Crippen LogP contribution in [-0.2, 0) is 9.53 Å². The van der Waals surface area contributed by atoms with Gasteiger partial charge < -0.3 is 9.64 Å². The Morgan fingerprint density at radius 1 is 0.933 bits per heavy atom. The van der Waals surface area contributed by atoms with Crippen LogP contribution in [0.25, 0.3) is 5.76 Å². The number of nitrogens with zero attached hydrogens (tertiary/aromatic N) is 2. The zero-order valence-corrected chi connectivity index (χ0v) is 17.2. The highest BCUT2D eigenvalue weighted by Gasteiger charge is 2.38. The summed E-state index contributed by atoms with van der Waals surface area (Å²) in [5.41, 5.74) is 2.18. The number of benzene rings is 2. The number of halogens is 1. The molecule has 0 amide bonds. The Kier molecular flexibility index (Phi) is 5.08. The normalized spacial score (nSPS) is 21.9. The predicted molar refractivity (Wildman–Crippen MR) is 115 cm³/mol. The lowest BCUT2D eigenvalue weighted by atomic mass is 9.93. The fourth-order valence-corrected chi connectivity index (χ4v) is 5.41. The zero-order chi connectivity index (χ0) is 20.7. The number of fused-ring (bicyclic) bond motifs is 2. The van der Waals surface area contributed by atoms with E-state index in [1.165, 1.54) is 23.9 Å². The van der Waals surface area contributed by atoms with E-state index in [0.29, 0.717) is 22.8 Å². The number of allylic oxidation sites excluding steroid dienone is 1. The van der Waals surface area contributed by atoms with E-state index in [4.69, 9.17) is 4.74 Å². The maximum absolute atomic E-state index is 13.1. The second-order valence-electron chi connectivity index (χ2n) is 7.68. The molecule has 0 radical (unpaired) electrons. The lowest BCUT2D eigenvalue weighted by molar-refractivity contribution is -0.111. The molecule has 2 aromatic rings. The molecule has 5 rings (SSSR count). The average molecular weight is 424 g/mol. The Morgan fingerprint density at radius 3 is 2.37 bits per heavy atom. The molecule has 2 aliphatic heterocycles. The summed E-state index contributed by atoms with van der Waals surface area (Å²) in [6.07, 6.45) is 0. The summed E-state index contributed by atoms with van der Waals surface area (Å²) in [4.78, 5) is 30.1. The van der Waals surface area contributed by atoms with Crippen molar-refractivity contribution >= 4 is 34.8 Å². The molecule has 1 atom stereocenters. The van der Waals surface area contributed by atoms with Gasteiger partial charge in [0.25, 0.3) is 0 Å². The summed E-state index contributed by atoms with van der Waals surface area (Å²) in [6, 6.07) is 13.7. The van der Waals surface area contributed by atoms with E-state index in [0.717, 1.165) is 44.0 Å². The molecule has 0 spiro atoms. The minimum absolute atomic E-state index is 0.100. The number of anilines is 1. The number of piperazine rings is 1. The minimum atomic E-state index is -0.459. The summed E-state index contributed by atoms with van der Waals surface area (Å²) in [5, 5.41) is 0.100. The number of carbonyl (C=O) groups excluding carboxylic acids is 2. The van der Waals surface area contributed by atoms with E-state index in [1.54, 1.807) is 12.1 Å². The van der Waals surface area contributed by atoms with Crippen molar-refractivity contribution in [3.05, 3.63) is 70.4 Å². The van der Waals surface area contributed by atoms with Crippen molar-refractivity contribution in [1.82, 2.24) is 4.90 Å². The molecule has 5 nitrogen and oxygen atoms in total. The molecule has 2 aromatic carbocycles. The van der Waals surface area contributed by atoms with Gasteiger partial charge >= 0.3 is 0 Å². The van der Waals surface area contributed by atoms with Gasteiger partial charge in [0.05, 0.1) is 5.25 Å². The van der Waals surface area contributed by atoms with Gasteiger partial charge in [-0.05, 0) is 24.3 Å². The number of ether oxygens (including phenoxy) is 1. The van der Waals surface area contributed by atoms with Crippen LogP contribution in [0.4, 0.5) is 10.1 Å². The molecule has 1 saturated heterocycles. The number of thioether (sulfide) groups is 1. The van der Waals surface area contributed by atoms with Gasteiger partial charge in [0.15, 0.2) is 0 Å². The van der Waals surface area contributed by atoms with E-state index in [1.807, 2.05) is 24.3 Å². The van der Waals surface area contributed by atoms with Crippen molar-refractivity contribution in [3.63, 3.8) is 0 Å². The lowest BCUT2D eigenvalue weighted by Crippen LogP contribution is -2.49. The molecule has 154 valence electrons. The van der Waals surface area contributed by atoms with Crippen LogP contribution in [0, 0.1) is 5.82 Å². The molecule has 0 aromatic heterocycles. The van der Waals surface area contributed by atoms with Crippen molar-refractivity contribution in [2.75, 3.05) is 44.2 Å². The van der Waals surface area contributed by atoms with Gasteiger partial charge in [-0.1, -0.05) is 24.3 Å². The molecule has 1 unspecified atom stereocenters. The number of rotatable bonds is 3. The first-order valence-corrected chi connectivity index (χ1v) is 10.9. The Morgan fingerprint density at radius 2 is 1.63 bits per heavy atom. The molecule has 3 aliphatic rings. The fourth-order valence-electron chi connectivity index (χ4n) is 4.18. The number of carbonyl (C=O) groups is 2. The lowest BCUT2D eigenvalue weighted by Gasteiger charge is -2.38. The van der Waals surface area contributed by atoms with Crippen molar-refractivity contribution in [2.45, 2.75) is 5.25 Å². The van der Waals surface area contributed by atoms with E-state index in [9.17, 15) is 14.0 Å². The topological polar surface area (TPSA) is 49.9 Å². The van der Waals surface area contributed by atoms with E-state index < -0.39 is 11.6 Å². The molecule has 0 bridgehead atoms. The van der Waals surface area contributed by atoms with Gasteiger partial charge in [-0.3, -0.25) is 14.5 Å². The van der Waals surface area contributed by atoms with Crippen LogP contribution in [0.15, 0.2) is 53.4 Å². The van der Waals surface area contributed by atoms with Crippen LogP contribution in [0.3, 0.4) is 0 Å². The third-order valence-electron chi connectivity index (χ3n) is 5.76. The number of Topliss-reactive ketones (excluding diaryl/α,β-unsaturated/α-hetero) is 2. The van der Waals surface area contributed by atoms with Crippen molar-refractivity contribution in [1.29, 1.82) is 0 Å². The first kappa shape index (κ1) is 19.3. The highest BCUT2D eigenvalue weighted by molar-refractivity contribution is 8.05. The van der Waals surface area contributed by atoms with E-state index in [-0.39, 0.29) is 11.1 Å². The fraction of sp³-hybridized carbons (Fsp3) is 0.304. The van der Waals surface area contributed by atoms with Crippen LogP contribution in [0.2, 0.25) is 0 Å². The SMILES string of the molecule is O=C1C(=O)c2ccccc2C2=C1SC(CN1CCN(c3ccc(F)cc3)CC1)CO2.